The molecule has 1 aliphatic heterocycles. The predicted molar refractivity (Wildman–Crippen MR) is 102 cm³/mol. The van der Waals surface area contributed by atoms with E-state index in [1.165, 1.54) is 25.1 Å². The lowest BCUT2D eigenvalue weighted by Gasteiger charge is -2.37. The molecular formula is C21H23F3N2O2. The van der Waals surface area contributed by atoms with Crippen molar-refractivity contribution >= 4 is 11.5 Å². The first kappa shape index (κ1) is 20.4. The zero-order valence-corrected chi connectivity index (χ0v) is 15.6. The molecule has 150 valence electrons. The molecule has 1 unspecified atom stereocenters. The van der Waals surface area contributed by atoms with Crippen molar-refractivity contribution in [3.05, 3.63) is 65.2 Å². The quantitative estimate of drug-likeness (QED) is 0.787. The van der Waals surface area contributed by atoms with Gasteiger partial charge >= 0.3 is 6.18 Å². The van der Waals surface area contributed by atoms with Gasteiger partial charge in [0, 0.05) is 44.0 Å². The van der Waals surface area contributed by atoms with Crippen LogP contribution in [0.3, 0.4) is 0 Å². The summed E-state index contributed by atoms with van der Waals surface area (Å²) in [5.74, 6) is 0.0181. The maximum absolute atomic E-state index is 13.2. The molecule has 0 amide bonds. The van der Waals surface area contributed by atoms with E-state index in [-0.39, 0.29) is 17.9 Å². The molecule has 1 aliphatic rings. The van der Waals surface area contributed by atoms with Crippen LogP contribution >= 0.6 is 0 Å². The largest absolute Gasteiger partial charge is 0.416 e. The van der Waals surface area contributed by atoms with Crippen LogP contribution < -0.4 is 4.90 Å². The number of carbonyl (C=O) groups is 1. The number of piperazine rings is 1. The molecule has 7 heteroatoms. The summed E-state index contributed by atoms with van der Waals surface area (Å²) >= 11 is 0. The van der Waals surface area contributed by atoms with Gasteiger partial charge in [0.05, 0.1) is 11.7 Å². The number of aliphatic hydroxyl groups excluding tert-OH is 1. The summed E-state index contributed by atoms with van der Waals surface area (Å²) in [7, 11) is 0. The Morgan fingerprint density at radius 2 is 1.64 bits per heavy atom. The minimum atomic E-state index is -4.48. The standard InChI is InChI=1S/C21H23F3N2O2/c1-15(27)16-6-8-17(9-7-16)26-12-10-25(11-13-26)14-20(28)18-4-2-3-5-19(18)21(22,23)24/h2-9,20,28H,10-14H2,1H3. The Morgan fingerprint density at radius 3 is 2.21 bits per heavy atom. The van der Waals surface area contributed by atoms with E-state index in [2.05, 4.69) is 4.90 Å². The van der Waals surface area contributed by atoms with Crippen molar-refractivity contribution in [1.29, 1.82) is 0 Å². The molecular weight excluding hydrogens is 369 g/mol. The zero-order valence-electron chi connectivity index (χ0n) is 15.6. The second-order valence-corrected chi connectivity index (χ2v) is 6.99. The first-order valence-corrected chi connectivity index (χ1v) is 9.18. The molecule has 0 aromatic heterocycles. The number of hydrogen-bond acceptors (Lipinski definition) is 4. The summed E-state index contributed by atoms with van der Waals surface area (Å²) in [5, 5.41) is 10.4. The molecule has 0 radical (unpaired) electrons. The van der Waals surface area contributed by atoms with Gasteiger partial charge in [-0.3, -0.25) is 9.69 Å². The summed E-state index contributed by atoms with van der Waals surface area (Å²) in [6.45, 7) is 4.36. The van der Waals surface area contributed by atoms with Crippen LogP contribution in [0, 0.1) is 0 Å². The molecule has 2 aromatic rings. The molecule has 2 aromatic carbocycles. The Morgan fingerprint density at radius 1 is 1.04 bits per heavy atom. The number of anilines is 1. The van der Waals surface area contributed by atoms with E-state index in [0.717, 1.165) is 11.8 Å². The van der Waals surface area contributed by atoms with Gasteiger partial charge in [-0.2, -0.15) is 13.2 Å². The van der Waals surface area contributed by atoms with E-state index in [4.69, 9.17) is 0 Å². The Bertz CT molecular complexity index is 813. The molecule has 0 spiro atoms. The van der Waals surface area contributed by atoms with Gasteiger partial charge in [-0.05, 0) is 42.8 Å². The molecule has 3 rings (SSSR count). The first-order chi connectivity index (χ1) is 13.3. The lowest BCUT2D eigenvalue weighted by atomic mass is 10.0. The highest BCUT2D eigenvalue weighted by atomic mass is 19.4. The highest BCUT2D eigenvalue weighted by molar-refractivity contribution is 5.94. The molecule has 1 atom stereocenters. The average Bonchev–Trinajstić information content (AvgIpc) is 2.68. The predicted octanol–water partition coefficient (Wildman–Crippen LogP) is 3.76. The third-order valence-corrected chi connectivity index (χ3v) is 5.07. The molecule has 1 fully saturated rings. The Labute approximate surface area is 162 Å². The number of Topliss-reactive ketones (excluding diaryl/α,β-unsaturated/α-hetero) is 1. The van der Waals surface area contributed by atoms with Gasteiger partial charge in [0.25, 0.3) is 0 Å². The number of benzene rings is 2. The molecule has 1 N–H and O–H groups in total. The van der Waals surface area contributed by atoms with E-state index in [1.54, 1.807) is 12.1 Å². The van der Waals surface area contributed by atoms with Crippen LogP contribution in [0.2, 0.25) is 0 Å². The maximum Gasteiger partial charge on any atom is 0.416 e. The van der Waals surface area contributed by atoms with E-state index in [1.807, 2.05) is 17.0 Å². The third-order valence-electron chi connectivity index (χ3n) is 5.07. The highest BCUT2D eigenvalue weighted by Crippen LogP contribution is 2.34. The van der Waals surface area contributed by atoms with Gasteiger partial charge in [-0.1, -0.05) is 18.2 Å². The molecule has 0 aliphatic carbocycles. The van der Waals surface area contributed by atoms with Gasteiger partial charge in [0.15, 0.2) is 5.78 Å². The number of rotatable bonds is 5. The smallest absolute Gasteiger partial charge is 0.387 e. The Hall–Kier alpha value is -2.38. The lowest BCUT2D eigenvalue weighted by Crippen LogP contribution is -2.47. The second kappa shape index (κ2) is 8.32. The number of β-amino-alcohol motifs (C(OH)–C–C–N with tert-alkyl or cyclic N) is 1. The Balaban J connectivity index is 1.59. The SMILES string of the molecule is CC(=O)c1ccc(N2CCN(CC(O)c3ccccc3C(F)(F)F)CC2)cc1. The number of hydrogen-bond donors (Lipinski definition) is 1. The number of ketones is 1. The summed E-state index contributed by atoms with van der Waals surface area (Å²) in [5.41, 5.74) is 0.797. The summed E-state index contributed by atoms with van der Waals surface area (Å²) in [6.07, 6.45) is -5.68. The molecule has 0 saturated carbocycles. The van der Waals surface area contributed by atoms with Crippen LogP contribution in [0.4, 0.5) is 18.9 Å². The fraction of sp³-hybridized carbons (Fsp3) is 0.381. The number of halogens is 3. The monoisotopic (exact) mass is 392 g/mol. The summed E-state index contributed by atoms with van der Waals surface area (Å²) < 4.78 is 39.5. The van der Waals surface area contributed by atoms with E-state index >= 15 is 0 Å². The van der Waals surface area contributed by atoms with Crippen molar-refractivity contribution < 1.29 is 23.1 Å². The third kappa shape index (κ3) is 4.72. The zero-order chi connectivity index (χ0) is 20.3. The first-order valence-electron chi connectivity index (χ1n) is 9.18. The fourth-order valence-electron chi connectivity index (χ4n) is 3.48. The fourth-order valence-corrected chi connectivity index (χ4v) is 3.48. The van der Waals surface area contributed by atoms with Gasteiger partial charge < -0.3 is 10.0 Å². The van der Waals surface area contributed by atoms with Crippen molar-refractivity contribution in [2.75, 3.05) is 37.6 Å². The average molecular weight is 392 g/mol. The second-order valence-electron chi connectivity index (χ2n) is 6.99. The topological polar surface area (TPSA) is 43.8 Å². The van der Waals surface area contributed by atoms with Gasteiger partial charge in [0.2, 0.25) is 0 Å². The number of nitrogens with zero attached hydrogens (tertiary/aromatic N) is 2. The van der Waals surface area contributed by atoms with E-state index < -0.39 is 17.8 Å². The molecule has 1 saturated heterocycles. The minimum Gasteiger partial charge on any atom is -0.387 e. The van der Waals surface area contributed by atoms with E-state index in [9.17, 15) is 23.1 Å². The van der Waals surface area contributed by atoms with Crippen molar-refractivity contribution in [2.24, 2.45) is 0 Å². The van der Waals surface area contributed by atoms with Crippen molar-refractivity contribution in [3.63, 3.8) is 0 Å². The van der Waals surface area contributed by atoms with Crippen LogP contribution in [0.1, 0.15) is 34.5 Å². The van der Waals surface area contributed by atoms with Gasteiger partial charge in [-0.25, -0.2) is 0 Å². The van der Waals surface area contributed by atoms with E-state index in [0.29, 0.717) is 31.7 Å². The minimum absolute atomic E-state index is 0.0181. The Kier molecular flexibility index (Phi) is 6.05. The van der Waals surface area contributed by atoms with Crippen LogP contribution in [0.25, 0.3) is 0 Å². The van der Waals surface area contributed by atoms with Gasteiger partial charge in [0.1, 0.15) is 0 Å². The summed E-state index contributed by atoms with van der Waals surface area (Å²) in [4.78, 5) is 15.5. The van der Waals surface area contributed by atoms with Crippen LogP contribution in [-0.2, 0) is 6.18 Å². The lowest BCUT2D eigenvalue weighted by molar-refractivity contribution is -0.139. The maximum atomic E-state index is 13.2. The van der Waals surface area contributed by atoms with Crippen molar-refractivity contribution in [2.45, 2.75) is 19.2 Å². The molecule has 0 bridgehead atoms. The van der Waals surface area contributed by atoms with Crippen LogP contribution in [0.5, 0.6) is 0 Å². The van der Waals surface area contributed by atoms with Crippen LogP contribution in [0.15, 0.2) is 48.5 Å². The highest BCUT2D eigenvalue weighted by Gasteiger charge is 2.35. The van der Waals surface area contributed by atoms with Crippen molar-refractivity contribution in [3.8, 4) is 0 Å². The summed E-state index contributed by atoms with van der Waals surface area (Å²) in [6, 6.07) is 12.6. The molecule has 1 heterocycles. The molecule has 28 heavy (non-hydrogen) atoms. The molecule has 4 nitrogen and oxygen atoms in total. The number of alkyl halides is 3. The number of aliphatic hydroxyl groups is 1. The van der Waals surface area contributed by atoms with Crippen molar-refractivity contribution in [1.82, 2.24) is 4.90 Å². The normalized spacial score (nSPS) is 16.8. The number of carbonyl (C=O) groups excluding carboxylic acids is 1. The van der Waals surface area contributed by atoms with Crippen LogP contribution in [-0.4, -0.2) is 48.5 Å². The van der Waals surface area contributed by atoms with Gasteiger partial charge in [-0.15, -0.1) is 0 Å².